The Labute approximate surface area is 220 Å². The van der Waals surface area contributed by atoms with E-state index in [9.17, 15) is 17.6 Å². The maximum atomic E-state index is 13.6. The van der Waals surface area contributed by atoms with Gasteiger partial charge in [0, 0.05) is 42.7 Å². The first-order valence-corrected chi connectivity index (χ1v) is 13.1. The molecule has 2 N–H and O–H groups in total. The van der Waals surface area contributed by atoms with Gasteiger partial charge in [0.1, 0.15) is 5.82 Å². The van der Waals surface area contributed by atoms with Gasteiger partial charge in [-0.15, -0.1) is 0 Å². The summed E-state index contributed by atoms with van der Waals surface area (Å²) in [6.07, 6.45) is 3.28. The summed E-state index contributed by atoms with van der Waals surface area (Å²) in [5.74, 6) is -0.399. The molecular formula is C27H24ClFN4O3S. The highest BCUT2D eigenvalue weighted by molar-refractivity contribution is 7.89. The number of amides is 2. The Hall–Kier alpha value is -3.79. The number of nitrogens with one attached hydrogen (secondary N) is 2. The number of carbonyl (C=O) groups excluding carboxylic acids is 1. The number of benzene rings is 3. The molecule has 0 fully saturated rings. The van der Waals surface area contributed by atoms with Crippen molar-refractivity contribution in [2.24, 2.45) is 0 Å². The first-order valence-electron chi connectivity index (χ1n) is 11.3. The van der Waals surface area contributed by atoms with Crippen molar-refractivity contribution < 1.29 is 17.6 Å². The number of urea groups is 1. The summed E-state index contributed by atoms with van der Waals surface area (Å²) >= 11 is 5.98. The van der Waals surface area contributed by atoms with Gasteiger partial charge in [0.15, 0.2) is 0 Å². The number of carbonyl (C=O) groups is 1. The summed E-state index contributed by atoms with van der Waals surface area (Å²) in [5.41, 5.74) is 2.73. The van der Waals surface area contributed by atoms with Crippen molar-refractivity contribution >= 4 is 33.3 Å². The molecule has 1 aromatic heterocycles. The summed E-state index contributed by atoms with van der Waals surface area (Å²) < 4.78 is 41.9. The van der Waals surface area contributed by atoms with Crippen LogP contribution in [0.1, 0.15) is 16.7 Å². The van der Waals surface area contributed by atoms with E-state index in [1.165, 1.54) is 40.7 Å². The molecule has 2 amide bonds. The van der Waals surface area contributed by atoms with Gasteiger partial charge in [-0.3, -0.25) is 4.98 Å². The number of pyridine rings is 1. The molecule has 0 bridgehead atoms. The summed E-state index contributed by atoms with van der Waals surface area (Å²) in [5, 5.41) is 5.97. The molecule has 7 nitrogen and oxygen atoms in total. The summed E-state index contributed by atoms with van der Waals surface area (Å²) in [6.45, 7) is 0.459. The lowest BCUT2D eigenvalue weighted by molar-refractivity contribution is 0.251. The molecule has 10 heteroatoms. The Morgan fingerprint density at radius 3 is 1.97 bits per heavy atom. The second kappa shape index (κ2) is 12.0. The molecule has 0 spiro atoms. The lowest BCUT2D eigenvalue weighted by Crippen LogP contribution is -2.30. The molecule has 0 aliphatic rings. The lowest BCUT2D eigenvalue weighted by Gasteiger charge is -2.23. The van der Waals surface area contributed by atoms with Gasteiger partial charge in [-0.25, -0.2) is 17.6 Å². The Morgan fingerprint density at radius 2 is 1.38 bits per heavy atom. The van der Waals surface area contributed by atoms with Gasteiger partial charge >= 0.3 is 6.03 Å². The van der Waals surface area contributed by atoms with E-state index >= 15 is 0 Å². The molecular weight excluding hydrogens is 515 g/mol. The fourth-order valence-corrected chi connectivity index (χ4v) is 5.07. The molecule has 0 saturated heterocycles. The van der Waals surface area contributed by atoms with E-state index in [0.29, 0.717) is 22.8 Å². The van der Waals surface area contributed by atoms with Gasteiger partial charge in [0.25, 0.3) is 0 Å². The van der Waals surface area contributed by atoms with Crippen LogP contribution in [-0.2, 0) is 29.7 Å². The predicted octanol–water partition coefficient (Wildman–Crippen LogP) is 5.59. The molecule has 1 heterocycles. The van der Waals surface area contributed by atoms with Crippen LogP contribution in [0.25, 0.3) is 0 Å². The third kappa shape index (κ3) is 7.36. The topological polar surface area (TPSA) is 91.4 Å². The standard InChI is InChI=1S/C27H24ClFN4O3S/c28-23-5-1-21(2-6-23)18-33(19-22-3-7-24(29)8-4-22)37(35,36)26-11-9-25(10-12-26)32-27(34)31-17-20-13-15-30-16-14-20/h1-16H,17-19H2,(H2,31,32,34). The minimum atomic E-state index is -3.94. The van der Waals surface area contributed by atoms with Gasteiger partial charge in [0.2, 0.25) is 10.0 Å². The van der Waals surface area contributed by atoms with Crippen LogP contribution < -0.4 is 10.6 Å². The van der Waals surface area contributed by atoms with Crippen LogP contribution in [0.3, 0.4) is 0 Å². The molecule has 0 aliphatic heterocycles. The SMILES string of the molecule is O=C(NCc1ccncc1)Nc1ccc(S(=O)(=O)N(Cc2ccc(F)cc2)Cc2ccc(Cl)cc2)cc1. The maximum absolute atomic E-state index is 13.6. The molecule has 0 saturated carbocycles. The zero-order valence-electron chi connectivity index (χ0n) is 19.6. The van der Waals surface area contributed by atoms with Gasteiger partial charge in [-0.1, -0.05) is 35.9 Å². The highest BCUT2D eigenvalue weighted by Gasteiger charge is 2.25. The average molecular weight is 539 g/mol. The van der Waals surface area contributed by atoms with Crippen molar-refractivity contribution in [1.82, 2.24) is 14.6 Å². The van der Waals surface area contributed by atoms with Crippen LogP contribution in [0.2, 0.25) is 5.02 Å². The van der Waals surface area contributed by atoms with Crippen molar-refractivity contribution in [3.8, 4) is 0 Å². The number of rotatable bonds is 9. The van der Waals surface area contributed by atoms with Gasteiger partial charge in [0.05, 0.1) is 4.90 Å². The van der Waals surface area contributed by atoms with E-state index in [1.54, 1.807) is 60.9 Å². The van der Waals surface area contributed by atoms with Crippen molar-refractivity contribution in [2.45, 2.75) is 24.5 Å². The number of sulfonamides is 1. The highest BCUT2D eigenvalue weighted by atomic mass is 35.5. The van der Waals surface area contributed by atoms with Crippen LogP contribution in [-0.4, -0.2) is 23.7 Å². The summed E-state index contributed by atoms with van der Waals surface area (Å²) in [6, 6.07) is 21.7. The number of halogens is 2. The predicted molar refractivity (Wildman–Crippen MR) is 141 cm³/mol. The molecule has 0 atom stereocenters. The Bertz CT molecular complexity index is 1390. The van der Waals surface area contributed by atoms with E-state index in [4.69, 9.17) is 11.6 Å². The van der Waals surface area contributed by atoms with Gasteiger partial charge in [-0.2, -0.15) is 4.31 Å². The van der Waals surface area contributed by atoms with E-state index < -0.39 is 21.9 Å². The average Bonchev–Trinajstić information content (AvgIpc) is 2.90. The van der Waals surface area contributed by atoms with Crippen LogP contribution in [0.5, 0.6) is 0 Å². The maximum Gasteiger partial charge on any atom is 0.319 e. The monoisotopic (exact) mass is 538 g/mol. The van der Waals surface area contributed by atoms with Gasteiger partial charge in [-0.05, 0) is 77.4 Å². The molecule has 0 unspecified atom stereocenters. The number of hydrogen-bond donors (Lipinski definition) is 2. The lowest BCUT2D eigenvalue weighted by atomic mass is 10.2. The number of nitrogens with zero attached hydrogens (tertiary/aromatic N) is 2. The van der Waals surface area contributed by atoms with Crippen molar-refractivity contribution in [2.75, 3.05) is 5.32 Å². The fourth-order valence-electron chi connectivity index (χ4n) is 3.53. The Kier molecular flexibility index (Phi) is 8.50. The quantitative estimate of drug-likeness (QED) is 0.291. The van der Waals surface area contributed by atoms with Crippen LogP contribution >= 0.6 is 11.6 Å². The minimum absolute atomic E-state index is 0.0443. The first-order chi connectivity index (χ1) is 17.8. The highest BCUT2D eigenvalue weighted by Crippen LogP contribution is 2.23. The Balaban J connectivity index is 1.49. The zero-order chi connectivity index (χ0) is 26.3. The van der Waals surface area contributed by atoms with E-state index in [2.05, 4.69) is 15.6 Å². The molecule has 4 aromatic rings. The molecule has 0 aliphatic carbocycles. The fraction of sp³-hybridized carbons (Fsp3) is 0.111. The normalized spacial score (nSPS) is 11.3. The van der Waals surface area contributed by atoms with Crippen LogP contribution in [0, 0.1) is 5.82 Å². The number of anilines is 1. The summed E-state index contributed by atoms with van der Waals surface area (Å²) in [7, 11) is -3.94. The molecule has 3 aromatic carbocycles. The second-order valence-electron chi connectivity index (χ2n) is 8.21. The third-order valence-electron chi connectivity index (χ3n) is 5.50. The third-order valence-corrected chi connectivity index (χ3v) is 7.55. The number of aromatic nitrogens is 1. The molecule has 4 rings (SSSR count). The van der Waals surface area contributed by atoms with E-state index in [-0.39, 0.29) is 18.0 Å². The van der Waals surface area contributed by atoms with Crippen LogP contribution in [0.15, 0.2) is 102 Å². The first kappa shape index (κ1) is 26.3. The summed E-state index contributed by atoms with van der Waals surface area (Å²) in [4.78, 5) is 16.2. The van der Waals surface area contributed by atoms with Crippen molar-refractivity contribution in [3.63, 3.8) is 0 Å². The molecule has 0 radical (unpaired) electrons. The Morgan fingerprint density at radius 1 is 0.811 bits per heavy atom. The van der Waals surface area contributed by atoms with Crippen molar-refractivity contribution in [1.29, 1.82) is 0 Å². The van der Waals surface area contributed by atoms with E-state index in [0.717, 1.165) is 11.1 Å². The zero-order valence-corrected chi connectivity index (χ0v) is 21.2. The van der Waals surface area contributed by atoms with Crippen LogP contribution in [0.4, 0.5) is 14.9 Å². The largest absolute Gasteiger partial charge is 0.334 e. The molecule has 190 valence electrons. The smallest absolute Gasteiger partial charge is 0.319 e. The second-order valence-corrected chi connectivity index (χ2v) is 10.6. The van der Waals surface area contributed by atoms with Crippen molar-refractivity contribution in [3.05, 3.63) is 125 Å². The molecule has 37 heavy (non-hydrogen) atoms. The van der Waals surface area contributed by atoms with E-state index in [1.807, 2.05) is 0 Å². The minimum Gasteiger partial charge on any atom is -0.334 e. The van der Waals surface area contributed by atoms with Gasteiger partial charge < -0.3 is 10.6 Å². The number of hydrogen-bond acceptors (Lipinski definition) is 4.